The molecule has 1 aliphatic heterocycles. The first kappa shape index (κ1) is 25.8. The molecule has 0 spiro atoms. The van der Waals surface area contributed by atoms with Crippen molar-refractivity contribution in [1.82, 2.24) is 10.2 Å². The van der Waals surface area contributed by atoms with Gasteiger partial charge in [-0.2, -0.15) is 0 Å². The standard InChI is InChI=1S/C20H35N3O7/c1-13(25)30-14-10-15(18(21)27)23(11-14)19(28)17(20(2,3)4)22-16(26)12-29-9-7-5-6-8-24/h14-15,17,24H,5-12H2,1-4H3,(H2,21,27)(H,22,26)/t14-,15?,17-/m1/s1. The fourth-order valence-electron chi connectivity index (χ4n) is 3.31. The fourth-order valence-corrected chi connectivity index (χ4v) is 3.31. The van der Waals surface area contributed by atoms with Crippen LogP contribution in [0.3, 0.4) is 0 Å². The first-order chi connectivity index (χ1) is 14.0. The molecule has 1 unspecified atom stereocenters. The highest BCUT2D eigenvalue weighted by Gasteiger charge is 2.45. The molecule has 1 aliphatic rings. The van der Waals surface area contributed by atoms with Crippen molar-refractivity contribution in [3.8, 4) is 0 Å². The van der Waals surface area contributed by atoms with Gasteiger partial charge in [0.05, 0.1) is 6.54 Å². The molecule has 3 atom stereocenters. The van der Waals surface area contributed by atoms with Gasteiger partial charge in [-0.1, -0.05) is 20.8 Å². The van der Waals surface area contributed by atoms with Gasteiger partial charge >= 0.3 is 5.97 Å². The zero-order chi connectivity index (χ0) is 22.9. The third-order valence-electron chi connectivity index (χ3n) is 4.81. The maximum absolute atomic E-state index is 13.2. The zero-order valence-electron chi connectivity index (χ0n) is 18.3. The highest BCUT2D eigenvalue weighted by molar-refractivity contribution is 5.93. The molecule has 3 amide bonds. The number of rotatable bonds is 11. The Labute approximate surface area is 177 Å². The summed E-state index contributed by atoms with van der Waals surface area (Å²) in [5, 5.41) is 11.4. The Morgan fingerprint density at radius 3 is 2.40 bits per heavy atom. The summed E-state index contributed by atoms with van der Waals surface area (Å²) in [6, 6.07) is -1.83. The summed E-state index contributed by atoms with van der Waals surface area (Å²) in [4.78, 5) is 49.9. The number of likely N-dealkylation sites (tertiary alicyclic amines) is 1. The molecule has 0 radical (unpaired) electrons. The topological polar surface area (TPSA) is 148 Å². The molecule has 0 bridgehead atoms. The number of aliphatic hydroxyl groups excluding tert-OH is 1. The Kier molecular flexibility index (Phi) is 10.2. The molecule has 30 heavy (non-hydrogen) atoms. The van der Waals surface area contributed by atoms with Crippen LogP contribution < -0.4 is 11.1 Å². The number of nitrogens with one attached hydrogen (secondary N) is 1. The molecular formula is C20H35N3O7. The second-order valence-corrected chi connectivity index (χ2v) is 8.58. The van der Waals surface area contributed by atoms with Crippen LogP contribution in [-0.2, 0) is 28.7 Å². The number of carbonyl (C=O) groups excluding carboxylic acids is 4. The number of hydrogen-bond acceptors (Lipinski definition) is 7. The molecule has 0 aliphatic carbocycles. The predicted molar refractivity (Wildman–Crippen MR) is 108 cm³/mol. The van der Waals surface area contributed by atoms with Crippen LogP contribution in [0.1, 0.15) is 53.4 Å². The summed E-state index contributed by atoms with van der Waals surface area (Å²) >= 11 is 0. The fraction of sp³-hybridized carbons (Fsp3) is 0.800. The quantitative estimate of drug-likeness (QED) is 0.302. The minimum Gasteiger partial charge on any atom is -0.461 e. The van der Waals surface area contributed by atoms with E-state index in [1.807, 2.05) is 0 Å². The van der Waals surface area contributed by atoms with E-state index in [2.05, 4.69) is 5.32 Å². The third kappa shape index (κ3) is 8.27. The highest BCUT2D eigenvalue weighted by atomic mass is 16.5. The summed E-state index contributed by atoms with van der Waals surface area (Å²) < 4.78 is 10.5. The van der Waals surface area contributed by atoms with Crippen LogP contribution >= 0.6 is 0 Å². The number of nitrogens with two attached hydrogens (primary N) is 1. The van der Waals surface area contributed by atoms with E-state index < -0.39 is 47.3 Å². The van der Waals surface area contributed by atoms with Gasteiger partial charge in [-0.15, -0.1) is 0 Å². The van der Waals surface area contributed by atoms with Crippen molar-refractivity contribution >= 4 is 23.7 Å². The first-order valence-corrected chi connectivity index (χ1v) is 10.2. The Morgan fingerprint density at radius 1 is 1.20 bits per heavy atom. The predicted octanol–water partition coefficient (Wildman–Crippen LogP) is -0.286. The molecule has 0 aromatic carbocycles. The Balaban J connectivity index is 2.77. The summed E-state index contributed by atoms with van der Waals surface area (Å²) in [5.41, 5.74) is 4.81. The lowest BCUT2D eigenvalue weighted by atomic mass is 9.85. The van der Waals surface area contributed by atoms with E-state index in [1.54, 1.807) is 20.8 Å². The molecular weight excluding hydrogens is 394 g/mol. The number of nitrogens with zero attached hydrogens (tertiary/aromatic N) is 1. The van der Waals surface area contributed by atoms with Gasteiger partial charge in [0.2, 0.25) is 17.7 Å². The van der Waals surface area contributed by atoms with E-state index >= 15 is 0 Å². The van der Waals surface area contributed by atoms with Crippen LogP contribution in [0, 0.1) is 5.41 Å². The second kappa shape index (κ2) is 11.8. The van der Waals surface area contributed by atoms with E-state index in [0.717, 1.165) is 12.8 Å². The molecule has 1 saturated heterocycles. The van der Waals surface area contributed by atoms with Gasteiger partial charge in [0.15, 0.2) is 0 Å². The number of esters is 1. The largest absolute Gasteiger partial charge is 0.461 e. The zero-order valence-corrected chi connectivity index (χ0v) is 18.3. The molecule has 10 heteroatoms. The summed E-state index contributed by atoms with van der Waals surface area (Å²) in [7, 11) is 0. The molecule has 1 heterocycles. The van der Waals surface area contributed by atoms with Crippen LogP contribution in [0.15, 0.2) is 0 Å². The van der Waals surface area contributed by atoms with Gasteiger partial charge in [-0.05, 0) is 24.7 Å². The molecule has 0 aromatic heterocycles. The SMILES string of the molecule is CC(=O)O[C@@H]1CC(C(N)=O)N(C(=O)[C@@H](NC(=O)COCCCCCO)C(C)(C)C)C1. The first-order valence-electron chi connectivity index (χ1n) is 10.2. The van der Waals surface area contributed by atoms with Crippen LogP contribution in [0.4, 0.5) is 0 Å². The van der Waals surface area contributed by atoms with Gasteiger partial charge in [-0.25, -0.2) is 0 Å². The number of hydrogen-bond donors (Lipinski definition) is 3. The Morgan fingerprint density at radius 2 is 1.87 bits per heavy atom. The second-order valence-electron chi connectivity index (χ2n) is 8.58. The summed E-state index contributed by atoms with van der Waals surface area (Å²) in [6.45, 7) is 6.98. The van der Waals surface area contributed by atoms with Crippen molar-refractivity contribution in [3.63, 3.8) is 0 Å². The number of carbonyl (C=O) groups is 4. The third-order valence-corrected chi connectivity index (χ3v) is 4.81. The van der Waals surface area contributed by atoms with Crippen LogP contribution in [0.25, 0.3) is 0 Å². The molecule has 1 fully saturated rings. The molecule has 0 aromatic rings. The molecule has 0 saturated carbocycles. The number of aliphatic hydroxyl groups is 1. The van der Waals surface area contributed by atoms with Crippen molar-refractivity contribution in [1.29, 1.82) is 0 Å². The Hall–Kier alpha value is -2.20. The van der Waals surface area contributed by atoms with Crippen molar-refractivity contribution < 1.29 is 33.8 Å². The van der Waals surface area contributed by atoms with E-state index in [0.29, 0.717) is 13.0 Å². The van der Waals surface area contributed by atoms with Crippen LogP contribution in [0.5, 0.6) is 0 Å². The monoisotopic (exact) mass is 429 g/mol. The highest BCUT2D eigenvalue weighted by Crippen LogP contribution is 2.27. The van der Waals surface area contributed by atoms with Crippen molar-refractivity contribution in [2.75, 3.05) is 26.4 Å². The van der Waals surface area contributed by atoms with E-state index in [4.69, 9.17) is 20.3 Å². The number of ether oxygens (including phenoxy) is 2. The summed E-state index contributed by atoms with van der Waals surface area (Å²) in [5.74, 6) is -2.11. The van der Waals surface area contributed by atoms with Gasteiger partial charge in [0, 0.05) is 26.6 Å². The molecule has 1 rings (SSSR count). The minimum absolute atomic E-state index is 0.0375. The van der Waals surface area contributed by atoms with Gasteiger partial charge in [0.25, 0.3) is 0 Å². The number of primary amides is 1. The Bertz CT molecular complexity index is 618. The number of unbranched alkanes of at least 4 members (excludes halogenated alkanes) is 2. The number of amides is 3. The van der Waals surface area contributed by atoms with Gasteiger partial charge < -0.3 is 30.5 Å². The van der Waals surface area contributed by atoms with Crippen molar-refractivity contribution in [2.45, 2.75) is 71.6 Å². The van der Waals surface area contributed by atoms with Crippen molar-refractivity contribution in [3.05, 3.63) is 0 Å². The van der Waals surface area contributed by atoms with Gasteiger partial charge in [0.1, 0.15) is 24.8 Å². The molecule has 4 N–H and O–H groups in total. The van der Waals surface area contributed by atoms with E-state index in [1.165, 1.54) is 11.8 Å². The lowest BCUT2D eigenvalue weighted by Crippen LogP contribution is -2.57. The van der Waals surface area contributed by atoms with Crippen LogP contribution in [-0.4, -0.2) is 78.3 Å². The normalized spacial score (nSPS) is 20.0. The molecule has 10 nitrogen and oxygen atoms in total. The molecule has 172 valence electrons. The smallest absolute Gasteiger partial charge is 0.302 e. The van der Waals surface area contributed by atoms with Gasteiger partial charge in [-0.3, -0.25) is 19.2 Å². The average molecular weight is 430 g/mol. The lowest BCUT2D eigenvalue weighted by Gasteiger charge is -2.35. The summed E-state index contributed by atoms with van der Waals surface area (Å²) in [6.07, 6.45) is 1.71. The van der Waals surface area contributed by atoms with E-state index in [9.17, 15) is 19.2 Å². The maximum Gasteiger partial charge on any atom is 0.302 e. The minimum atomic E-state index is -0.916. The van der Waals surface area contributed by atoms with Crippen molar-refractivity contribution in [2.24, 2.45) is 11.1 Å². The van der Waals surface area contributed by atoms with E-state index in [-0.39, 0.29) is 26.2 Å². The van der Waals surface area contributed by atoms with Crippen LogP contribution in [0.2, 0.25) is 0 Å². The maximum atomic E-state index is 13.2. The lowest BCUT2D eigenvalue weighted by molar-refractivity contribution is -0.147. The average Bonchev–Trinajstić information content (AvgIpc) is 3.04.